The van der Waals surface area contributed by atoms with E-state index in [0.717, 1.165) is 0 Å². The minimum atomic E-state index is -0.371. The Hall–Kier alpha value is -0.610. The fourth-order valence-electron chi connectivity index (χ4n) is 0.971. The molecule has 1 fully saturated rings. The highest BCUT2D eigenvalue weighted by molar-refractivity contribution is 5.66. The van der Waals surface area contributed by atoms with Crippen LogP contribution in [0.1, 0.15) is 13.3 Å². The molecule has 0 amide bonds. The first-order chi connectivity index (χ1) is 4.68. The average molecular weight is 145 g/mol. The van der Waals surface area contributed by atoms with Gasteiger partial charge in [-0.1, -0.05) is 0 Å². The lowest BCUT2D eigenvalue weighted by Gasteiger charge is -2.08. The molecule has 2 N–H and O–H groups in total. The topological polar surface area (TPSA) is 58.6 Å². The molecule has 1 aliphatic rings. The molecule has 4 nitrogen and oxygen atoms in total. The summed E-state index contributed by atoms with van der Waals surface area (Å²) in [5.41, 5.74) is 0. The van der Waals surface area contributed by atoms with Crippen LogP contribution >= 0.6 is 0 Å². The van der Waals surface area contributed by atoms with Gasteiger partial charge in [-0.2, -0.15) is 0 Å². The number of carbonyl (C=O) groups excluding carboxylic acids is 1. The van der Waals surface area contributed by atoms with Gasteiger partial charge in [0.05, 0.1) is 6.10 Å². The van der Waals surface area contributed by atoms with Gasteiger partial charge in [0.2, 0.25) is 0 Å². The van der Waals surface area contributed by atoms with Crippen molar-refractivity contribution in [1.82, 2.24) is 5.32 Å². The second kappa shape index (κ2) is 2.98. The third-order valence-corrected chi connectivity index (χ3v) is 1.38. The molecule has 0 aromatic rings. The van der Waals surface area contributed by atoms with Crippen molar-refractivity contribution in [2.24, 2.45) is 0 Å². The van der Waals surface area contributed by atoms with Gasteiger partial charge in [0.1, 0.15) is 0 Å². The molecular formula is C6H11NO3. The summed E-state index contributed by atoms with van der Waals surface area (Å²) in [5.74, 6) is -0.313. The van der Waals surface area contributed by atoms with Gasteiger partial charge < -0.3 is 9.84 Å². The largest absolute Gasteiger partial charge is 0.447 e. The molecule has 0 aromatic carbocycles. The third kappa shape index (κ3) is 1.97. The Balaban J connectivity index is 2.24. The van der Waals surface area contributed by atoms with Crippen LogP contribution in [0.2, 0.25) is 0 Å². The van der Waals surface area contributed by atoms with Gasteiger partial charge in [-0.25, -0.2) is 0 Å². The van der Waals surface area contributed by atoms with Crippen molar-refractivity contribution in [3.8, 4) is 0 Å². The van der Waals surface area contributed by atoms with E-state index < -0.39 is 0 Å². The summed E-state index contributed by atoms with van der Waals surface area (Å²) < 4.78 is 4.77. The van der Waals surface area contributed by atoms with Crippen molar-refractivity contribution in [2.75, 3.05) is 6.54 Å². The van der Waals surface area contributed by atoms with Crippen molar-refractivity contribution in [3.05, 3.63) is 0 Å². The first-order valence-electron chi connectivity index (χ1n) is 3.27. The van der Waals surface area contributed by atoms with Crippen LogP contribution in [0.25, 0.3) is 0 Å². The monoisotopic (exact) mass is 145 g/mol. The molecule has 2 atom stereocenters. The molecule has 1 aliphatic heterocycles. The maximum absolute atomic E-state index is 10.4. The number of hydrogen-bond donors (Lipinski definition) is 2. The molecule has 0 aromatic heterocycles. The Bertz CT molecular complexity index is 137. The summed E-state index contributed by atoms with van der Waals surface area (Å²) in [6.45, 7) is 1.87. The van der Waals surface area contributed by atoms with Crippen molar-refractivity contribution < 1.29 is 14.6 Å². The predicted molar refractivity (Wildman–Crippen MR) is 34.2 cm³/mol. The van der Waals surface area contributed by atoms with Crippen molar-refractivity contribution in [2.45, 2.75) is 25.7 Å². The summed E-state index contributed by atoms with van der Waals surface area (Å²) in [5, 5.41) is 11.8. The number of aliphatic hydroxyl groups excluding tert-OH is 1. The lowest BCUT2D eigenvalue weighted by molar-refractivity contribution is -0.147. The molecule has 4 heteroatoms. The van der Waals surface area contributed by atoms with E-state index in [-0.39, 0.29) is 18.3 Å². The highest BCUT2D eigenvalue weighted by Crippen LogP contribution is 2.06. The SMILES string of the molecule is CC(=O)OC1CC(O)CN1. The van der Waals surface area contributed by atoms with E-state index >= 15 is 0 Å². The van der Waals surface area contributed by atoms with Crippen LogP contribution in [0, 0.1) is 0 Å². The van der Waals surface area contributed by atoms with Gasteiger partial charge in [0.15, 0.2) is 6.23 Å². The number of esters is 1. The maximum atomic E-state index is 10.4. The molecule has 0 spiro atoms. The fraction of sp³-hybridized carbons (Fsp3) is 0.833. The van der Waals surface area contributed by atoms with Gasteiger partial charge in [-0.3, -0.25) is 10.1 Å². The number of hydrogen-bond acceptors (Lipinski definition) is 4. The molecule has 0 radical (unpaired) electrons. The average Bonchev–Trinajstić information content (AvgIpc) is 2.13. The number of ether oxygens (including phenoxy) is 1. The van der Waals surface area contributed by atoms with Gasteiger partial charge >= 0.3 is 5.97 Å². The Morgan fingerprint density at radius 3 is 2.90 bits per heavy atom. The zero-order valence-electron chi connectivity index (χ0n) is 5.83. The number of aliphatic hydroxyl groups is 1. The summed E-state index contributed by atoms with van der Waals surface area (Å²) in [6.07, 6.45) is -0.156. The first-order valence-corrected chi connectivity index (χ1v) is 3.27. The molecule has 2 unspecified atom stereocenters. The van der Waals surface area contributed by atoms with Gasteiger partial charge in [0, 0.05) is 19.9 Å². The fourth-order valence-corrected chi connectivity index (χ4v) is 0.971. The lowest BCUT2D eigenvalue weighted by atomic mass is 10.3. The highest BCUT2D eigenvalue weighted by atomic mass is 16.6. The van der Waals surface area contributed by atoms with Crippen LogP contribution in [-0.4, -0.2) is 30.0 Å². The summed E-state index contributed by atoms with van der Waals surface area (Å²) in [4.78, 5) is 10.4. The minimum Gasteiger partial charge on any atom is -0.447 e. The van der Waals surface area contributed by atoms with Gasteiger partial charge in [0.25, 0.3) is 0 Å². The van der Waals surface area contributed by atoms with Gasteiger partial charge in [-0.05, 0) is 0 Å². The number of rotatable bonds is 1. The van der Waals surface area contributed by atoms with Crippen LogP contribution in [0.15, 0.2) is 0 Å². The van der Waals surface area contributed by atoms with Crippen LogP contribution < -0.4 is 5.32 Å². The maximum Gasteiger partial charge on any atom is 0.304 e. The first kappa shape index (κ1) is 7.50. The quantitative estimate of drug-likeness (QED) is 0.476. The molecule has 1 rings (SSSR count). The highest BCUT2D eigenvalue weighted by Gasteiger charge is 2.23. The number of nitrogens with one attached hydrogen (secondary N) is 1. The zero-order chi connectivity index (χ0) is 7.56. The standard InChI is InChI=1S/C6H11NO3/c1-4(8)10-6-2-5(9)3-7-6/h5-7,9H,2-3H2,1H3. The Kier molecular flexibility index (Phi) is 2.24. The Labute approximate surface area is 59.2 Å². The molecular weight excluding hydrogens is 134 g/mol. The molecule has 1 saturated heterocycles. The number of β-amino-alcohol motifs (C(OH)–C–C–N with tert-alkyl or cyclic N) is 1. The Morgan fingerprint density at radius 1 is 1.80 bits per heavy atom. The van der Waals surface area contributed by atoms with Crippen LogP contribution in [0.4, 0.5) is 0 Å². The van der Waals surface area contributed by atoms with Gasteiger partial charge in [-0.15, -0.1) is 0 Å². The predicted octanol–water partition coefficient (Wildman–Crippen LogP) is -0.770. The molecule has 0 bridgehead atoms. The van der Waals surface area contributed by atoms with E-state index in [0.29, 0.717) is 13.0 Å². The number of carbonyl (C=O) groups is 1. The van der Waals surface area contributed by atoms with Crippen LogP contribution in [-0.2, 0) is 9.53 Å². The molecule has 0 saturated carbocycles. The van der Waals surface area contributed by atoms with Crippen LogP contribution in [0.3, 0.4) is 0 Å². The molecule has 58 valence electrons. The third-order valence-electron chi connectivity index (χ3n) is 1.38. The second-order valence-corrected chi connectivity index (χ2v) is 2.40. The molecule has 10 heavy (non-hydrogen) atoms. The van der Waals surface area contributed by atoms with E-state index in [1.807, 2.05) is 0 Å². The molecule has 0 aliphatic carbocycles. The summed E-state index contributed by atoms with van der Waals surface area (Å²) in [6, 6.07) is 0. The van der Waals surface area contributed by atoms with E-state index in [2.05, 4.69) is 5.32 Å². The second-order valence-electron chi connectivity index (χ2n) is 2.40. The minimum absolute atomic E-state index is 0.285. The normalized spacial score (nSPS) is 32.2. The van der Waals surface area contributed by atoms with Crippen molar-refractivity contribution in [3.63, 3.8) is 0 Å². The molecule has 1 heterocycles. The summed E-state index contributed by atoms with van der Waals surface area (Å²) >= 11 is 0. The van der Waals surface area contributed by atoms with E-state index in [9.17, 15) is 4.79 Å². The van der Waals surface area contributed by atoms with Crippen molar-refractivity contribution >= 4 is 5.97 Å². The van der Waals surface area contributed by atoms with E-state index in [4.69, 9.17) is 9.84 Å². The van der Waals surface area contributed by atoms with Crippen molar-refractivity contribution in [1.29, 1.82) is 0 Å². The Morgan fingerprint density at radius 2 is 2.50 bits per heavy atom. The summed E-state index contributed by atoms with van der Waals surface area (Å²) in [7, 11) is 0. The van der Waals surface area contributed by atoms with E-state index in [1.165, 1.54) is 6.92 Å². The zero-order valence-corrected chi connectivity index (χ0v) is 5.83. The van der Waals surface area contributed by atoms with Crippen LogP contribution in [0.5, 0.6) is 0 Å². The van der Waals surface area contributed by atoms with E-state index in [1.54, 1.807) is 0 Å². The lowest BCUT2D eigenvalue weighted by Crippen LogP contribution is -2.26. The smallest absolute Gasteiger partial charge is 0.304 e.